The third kappa shape index (κ3) is 50.1. The van der Waals surface area contributed by atoms with E-state index in [9.17, 15) is 14.4 Å². The van der Waals surface area contributed by atoms with Gasteiger partial charge >= 0.3 is 17.9 Å². The van der Waals surface area contributed by atoms with Crippen LogP contribution in [0, 0.1) is 0 Å². The standard InChI is InChI=1S/C58H102O6/c1-4-7-10-13-16-19-22-24-25-26-27-28-29-30-31-32-33-35-36-39-42-45-48-51-57(60)63-54-55(53-62-56(59)50-47-44-41-38-21-18-15-12-9-6-3)64-58(61)52-49-46-43-40-37-34-23-20-17-14-11-8-5-2/h12,15,20,22-24,26-27,29-30,55H,4-11,13-14,16-19,21,25,28,31-54H2,1-3H3/b15-12-,23-20-,24-22-,27-26-,30-29-. The molecule has 0 spiro atoms. The van der Waals surface area contributed by atoms with E-state index >= 15 is 0 Å². The Labute approximate surface area is 396 Å². The molecule has 0 fully saturated rings. The molecule has 0 aliphatic heterocycles. The van der Waals surface area contributed by atoms with Crippen LogP contribution in [-0.4, -0.2) is 37.2 Å². The van der Waals surface area contributed by atoms with Crippen molar-refractivity contribution in [2.75, 3.05) is 13.2 Å². The van der Waals surface area contributed by atoms with Crippen LogP contribution < -0.4 is 0 Å². The Balaban J connectivity index is 4.28. The monoisotopic (exact) mass is 895 g/mol. The topological polar surface area (TPSA) is 78.9 Å². The lowest BCUT2D eigenvalue weighted by Gasteiger charge is -2.18. The first-order valence-corrected chi connectivity index (χ1v) is 27.3. The molecular weight excluding hydrogens is 793 g/mol. The molecule has 1 unspecified atom stereocenters. The fourth-order valence-corrected chi connectivity index (χ4v) is 7.56. The molecule has 0 saturated carbocycles. The zero-order valence-electron chi connectivity index (χ0n) is 42.3. The van der Waals surface area contributed by atoms with E-state index in [2.05, 4.69) is 81.5 Å². The van der Waals surface area contributed by atoms with Gasteiger partial charge in [-0.3, -0.25) is 14.4 Å². The molecule has 0 heterocycles. The predicted octanol–water partition coefficient (Wildman–Crippen LogP) is 18.0. The molecule has 0 aromatic heterocycles. The van der Waals surface area contributed by atoms with Gasteiger partial charge in [-0.2, -0.15) is 0 Å². The highest BCUT2D eigenvalue weighted by Gasteiger charge is 2.19. The average molecular weight is 895 g/mol. The van der Waals surface area contributed by atoms with Crippen molar-refractivity contribution in [2.24, 2.45) is 0 Å². The Hall–Kier alpha value is -2.89. The van der Waals surface area contributed by atoms with Gasteiger partial charge in [0.05, 0.1) is 0 Å². The van der Waals surface area contributed by atoms with Gasteiger partial charge in [0.25, 0.3) is 0 Å². The van der Waals surface area contributed by atoms with Crippen molar-refractivity contribution < 1.29 is 28.6 Å². The second-order valence-electron chi connectivity index (χ2n) is 18.1. The Kier molecular flexibility index (Phi) is 50.4. The van der Waals surface area contributed by atoms with Crippen LogP contribution in [0.15, 0.2) is 60.8 Å². The molecule has 0 aliphatic rings. The molecule has 6 heteroatoms. The van der Waals surface area contributed by atoms with Crippen molar-refractivity contribution in [3.63, 3.8) is 0 Å². The van der Waals surface area contributed by atoms with E-state index in [0.29, 0.717) is 19.3 Å². The van der Waals surface area contributed by atoms with Gasteiger partial charge in [-0.25, -0.2) is 0 Å². The molecule has 370 valence electrons. The number of ether oxygens (including phenoxy) is 3. The summed E-state index contributed by atoms with van der Waals surface area (Å²) >= 11 is 0. The number of hydrogen-bond acceptors (Lipinski definition) is 6. The summed E-state index contributed by atoms with van der Waals surface area (Å²) in [5, 5.41) is 0. The second-order valence-corrected chi connectivity index (χ2v) is 18.1. The predicted molar refractivity (Wildman–Crippen MR) is 275 cm³/mol. The van der Waals surface area contributed by atoms with Gasteiger partial charge in [0.15, 0.2) is 6.10 Å². The van der Waals surface area contributed by atoms with Crippen molar-refractivity contribution in [2.45, 2.75) is 277 Å². The van der Waals surface area contributed by atoms with Crippen molar-refractivity contribution in [1.82, 2.24) is 0 Å². The lowest BCUT2D eigenvalue weighted by atomic mass is 10.1. The maximum absolute atomic E-state index is 12.8. The summed E-state index contributed by atoms with van der Waals surface area (Å²) < 4.78 is 16.8. The fraction of sp³-hybridized carbons (Fsp3) is 0.776. The van der Waals surface area contributed by atoms with E-state index < -0.39 is 6.10 Å². The molecule has 0 aromatic rings. The van der Waals surface area contributed by atoms with Crippen molar-refractivity contribution in [1.29, 1.82) is 0 Å². The molecule has 0 rings (SSSR count). The zero-order chi connectivity index (χ0) is 46.5. The number of allylic oxidation sites excluding steroid dienone is 10. The van der Waals surface area contributed by atoms with Crippen molar-refractivity contribution >= 4 is 17.9 Å². The summed E-state index contributed by atoms with van der Waals surface area (Å²) in [6.07, 6.45) is 65.0. The first-order valence-electron chi connectivity index (χ1n) is 27.3. The summed E-state index contributed by atoms with van der Waals surface area (Å²) in [5.41, 5.74) is 0. The van der Waals surface area contributed by atoms with Gasteiger partial charge in [-0.15, -0.1) is 0 Å². The Morgan fingerprint density at radius 2 is 0.594 bits per heavy atom. The second kappa shape index (κ2) is 52.7. The van der Waals surface area contributed by atoms with E-state index in [-0.39, 0.29) is 31.1 Å². The first-order chi connectivity index (χ1) is 31.5. The molecule has 1 atom stereocenters. The minimum atomic E-state index is -0.783. The average Bonchev–Trinajstić information content (AvgIpc) is 3.29. The van der Waals surface area contributed by atoms with Crippen LogP contribution in [0.5, 0.6) is 0 Å². The summed E-state index contributed by atoms with van der Waals surface area (Å²) in [6, 6.07) is 0. The normalized spacial score (nSPS) is 12.5. The van der Waals surface area contributed by atoms with Crippen molar-refractivity contribution in [3.05, 3.63) is 60.8 Å². The van der Waals surface area contributed by atoms with E-state index in [1.807, 2.05) is 0 Å². The van der Waals surface area contributed by atoms with E-state index in [1.54, 1.807) is 0 Å². The molecule has 0 N–H and O–H groups in total. The molecular formula is C58H102O6. The summed E-state index contributed by atoms with van der Waals surface area (Å²) in [5.74, 6) is -0.906. The Morgan fingerprint density at radius 1 is 0.312 bits per heavy atom. The zero-order valence-corrected chi connectivity index (χ0v) is 42.3. The Bertz CT molecular complexity index is 1170. The quantitative estimate of drug-likeness (QED) is 0.0262. The maximum atomic E-state index is 12.8. The maximum Gasteiger partial charge on any atom is 0.306 e. The third-order valence-corrected chi connectivity index (χ3v) is 11.7. The van der Waals surface area contributed by atoms with E-state index in [4.69, 9.17) is 14.2 Å². The number of unbranched alkanes of at least 4 members (excludes halogenated alkanes) is 28. The van der Waals surface area contributed by atoms with Crippen LogP contribution in [0.3, 0.4) is 0 Å². The smallest absolute Gasteiger partial charge is 0.306 e. The van der Waals surface area contributed by atoms with Crippen LogP contribution in [0.1, 0.15) is 271 Å². The lowest BCUT2D eigenvalue weighted by Crippen LogP contribution is -2.30. The third-order valence-electron chi connectivity index (χ3n) is 11.7. The van der Waals surface area contributed by atoms with Gasteiger partial charge in [0.1, 0.15) is 13.2 Å². The SMILES string of the molecule is CCC/C=C\CCCCCCCC(=O)OCC(COC(=O)CCCCCCCCCC/C=C\C/C=C\C/C=C\CCCCCCC)OC(=O)CCCCCCC/C=C\CCCCCC. The highest BCUT2D eigenvalue weighted by atomic mass is 16.6. The largest absolute Gasteiger partial charge is 0.462 e. The van der Waals surface area contributed by atoms with Gasteiger partial charge in [-0.1, -0.05) is 210 Å². The minimum Gasteiger partial charge on any atom is -0.462 e. The molecule has 0 amide bonds. The van der Waals surface area contributed by atoms with Crippen LogP contribution in [0.2, 0.25) is 0 Å². The lowest BCUT2D eigenvalue weighted by molar-refractivity contribution is -0.167. The van der Waals surface area contributed by atoms with Crippen LogP contribution in [0.4, 0.5) is 0 Å². The minimum absolute atomic E-state index is 0.0838. The van der Waals surface area contributed by atoms with Crippen LogP contribution in [-0.2, 0) is 28.6 Å². The Morgan fingerprint density at radius 3 is 0.969 bits per heavy atom. The number of esters is 3. The molecule has 0 radical (unpaired) electrons. The summed E-state index contributed by atoms with van der Waals surface area (Å²) in [7, 11) is 0. The van der Waals surface area contributed by atoms with Gasteiger partial charge in [0, 0.05) is 19.3 Å². The number of hydrogen-bond donors (Lipinski definition) is 0. The van der Waals surface area contributed by atoms with E-state index in [1.165, 1.54) is 128 Å². The molecule has 64 heavy (non-hydrogen) atoms. The van der Waals surface area contributed by atoms with Gasteiger partial charge in [0.2, 0.25) is 0 Å². The van der Waals surface area contributed by atoms with Gasteiger partial charge < -0.3 is 14.2 Å². The summed E-state index contributed by atoms with van der Waals surface area (Å²) in [4.78, 5) is 37.9. The molecule has 0 aromatic carbocycles. The van der Waals surface area contributed by atoms with Crippen LogP contribution >= 0.6 is 0 Å². The molecule has 0 aliphatic carbocycles. The highest BCUT2D eigenvalue weighted by Crippen LogP contribution is 2.14. The summed E-state index contributed by atoms with van der Waals surface area (Å²) in [6.45, 7) is 6.54. The van der Waals surface area contributed by atoms with E-state index in [0.717, 1.165) is 103 Å². The van der Waals surface area contributed by atoms with Crippen molar-refractivity contribution in [3.8, 4) is 0 Å². The highest BCUT2D eigenvalue weighted by molar-refractivity contribution is 5.71. The molecule has 6 nitrogen and oxygen atoms in total. The number of rotatable bonds is 49. The first kappa shape index (κ1) is 61.1. The fourth-order valence-electron chi connectivity index (χ4n) is 7.56. The number of carbonyl (C=O) groups excluding carboxylic acids is 3. The molecule has 0 bridgehead atoms. The van der Waals surface area contributed by atoms with Crippen LogP contribution in [0.25, 0.3) is 0 Å². The molecule has 0 saturated heterocycles. The van der Waals surface area contributed by atoms with Gasteiger partial charge in [-0.05, 0) is 103 Å². The number of carbonyl (C=O) groups is 3.